The van der Waals surface area contributed by atoms with Crippen LogP contribution in [-0.2, 0) is 0 Å². The van der Waals surface area contributed by atoms with Crippen molar-refractivity contribution in [1.29, 1.82) is 0 Å². The fraction of sp³-hybridized carbons (Fsp3) is 0.0435. The van der Waals surface area contributed by atoms with Crippen LogP contribution in [0.4, 0.5) is 11.4 Å². The molecule has 9 rings (SSSR count). The van der Waals surface area contributed by atoms with Crippen LogP contribution in [0, 0.1) is 0 Å². The zero-order valence-electron chi connectivity index (χ0n) is 26.3. The molecule has 1 nitrogen and oxygen atoms in total. The first-order valence-corrected chi connectivity index (χ1v) is 16.4. The molecule has 0 fully saturated rings. The highest BCUT2D eigenvalue weighted by atomic mass is 15.1. The molecule has 0 amide bonds. The summed E-state index contributed by atoms with van der Waals surface area (Å²) < 4.78 is 0. The van der Waals surface area contributed by atoms with Gasteiger partial charge >= 0.3 is 0 Å². The molecule has 0 unspecified atom stereocenters. The SMILES string of the molecule is CN(c1ccccc1)c1ccc(C2c3ccc(-c4cccc5ccccc45)cc3-c3cc(-c4cccc5ccccc45)ccc32)cc1. The van der Waals surface area contributed by atoms with Crippen molar-refractivity contribution in [3.63, 3.8) is 0 Å². The monoisotopic (exact) mass is 599 g/mol. The highest BCUT2D eigenvalue weighted by molar-refractivity contribution is 6.00. The Morgan fingerprint density at radius 2 is 0.851 bits per heavy atom. The van der Waals surface area contributed by atoms with E-state index in [2.05, 4.69) is 188 Å². The number of nitrogens with zero attached hydrogens (tertiary/aromatic N) is 1. The average molecular weight is 600 g/mol. The van der Waals surface area contributed by atoms with Crippen LogP contribution in [0.3, 0.4) is 0 Å². The third-order valence-corrected chi connectivity index (χ3v) is 9.98. The van der Waals surface area contributed by atoms with Crippen LogP contribution >= 0.6 is 0 Å². The van der Waals surface area contributed by atoms with Crippen LogP contribution < -0.4 is 4.90 Å². The van der Waals surface area contributed by atoms with Crippen molar-refractivity contribution >= 4 is 32.9 Å². The second-order valence-corrected chi connectivity index (χ2v) is 12.6. The molecular weight excluding hydrogens is 567 g/mol. The third-order valence-electron chi connectivity index (χ3n) is 9.98. The lowest BCUT2D eigenvalue weighted by molar-refractivity contribution is 1.01. The Morgan fingerprint density at radius 3 is 1.40 bits per heavy atom. The minimum absolute atomic E-state index is 0.166. The van der Waals surface area contributed by atoms with Crippen LogP contribution in [-0.4, -0.2) is 7.05 Å². The van der Waals surface area contributed by atoms with Gasteiger partial charge in [0.2, 0.25) is 0 Å². The molecular formula is C46H33N. The fourth-order valence-corrected chi connectivity index (χ4v) is 7.59. The zero-order chi connectivity index (χ0) is 31.3. The largest absolute Gasteiger partial charge is 0.345 e. The smallest absolute Gasteiger partial charge is 0.0408 e. The van der Waals surface area contributed by atoms with Gasteiger partial charge in [-0.05, 0) is 108 Å². The van der Waals surface area contributed by atoms with Gasteiger partial charge in [-0.2, -0.15) is 0 Å². The Balaban J connectivity index is 1.20. The van der Waals surface area contributed by atoms with Gasteiger partial charge in [-0.3, -0.25) is 0 Å². The van der Waals surface area contributed by atoms with E-state index < -0.39 is 0 Å². The molecule has 8 aromatic rings. The maximum Gasteiger partial charge on any atom is 0.0408 e. The van der Waals surface area contributed by atoms with E-state index in [1.807, 2.05) is 0 Å². The van der Waals surface area contributed by atoms with Crippen molar-refractivity contribution in [2.75, 3.05) is 11.9 Å². The maximum atomic E-state index is 2.43. The summed E-state index contributed by atoms with van der Waals surface area (Å²) in [5, 5.41) is 5.10. The number of benzene rings is 8. The van der Waals surface area contributed by atoms with Gasteiger partial charge in [0.25, 0.3) is 0 Å². The Hall–Kier alpha value is -5.92. The quantitative estimate of drug-likeness (QED) is 0.190. The summed E-state index contributed by atoms with van der Waals surface area (Å²) in [6.07, 6.45) is 0. The number of hydrogen-bond acceptors (Lipinski definition) is 1. The number of hydrogen-bond donors (Lipinski definition) is 0. The highest BCUT2D eigenvalue weighted by Crippen LogP contribution is 2.51. The van der Waals surface area contributed by atoms with E-state index in [9.17, 15) is 0 Å². The summed E-state index contributed by atoms with van der Waals surface area (Å²) in [6.45, 7) is 0. The standard InChI is InChI=1S/C46H33N/c1-47(36-15-3-2-4-16-36)37-25-21-33(22-26-37)46-42-27-23-34(40-19-9-13-31-11-5-7-17-38(31)40)29-44(42)45-30-35(24-28-43(45)46)41-20-10-14-32-12-6-8-18-39(32)41/h2-30,46H,1H3. The van der Waals surface area contributed by atoms with Gasteiger partial charge in [-0.25, -0.2) is 0 Å². The predicted octanol–water partition coefficient (Wildman–Crippen LogP) is 12.3. The molecule has 0 N–H and O–H groups in total. The summed E-state index contributed by atoms with van der Waals surface area (Å²) in [5.41, 5.74) is 14.1. The Morgan fingerprint density at radius 1 is 0.383 bits per heavy atom. The first kappa shape index (κ1) is 27.4. The van der Waals surface area contributed by atoms with Crippen LogP contribution in [0.15, 0.2) is 176 Å². The molecule has 0 bridgehead atoms. The van der Waals surface area contributed by atoms with Crippen molar-refractivity contribution in [2.24, 2.45) is 0 Å². The second-order valence-electron chi connectivity index (χ2n) is 12.6. The third kappa shape index (κ3) is 4.63. The highest BCUT2D eigenvalue weighted by Gasteiger charge is 2.31. The van der Waals surface area contributed by atoms with E-state index in [1.54, 1.807) is 0 Å². The van der Waals surface area contributed by atoms with Gasteiger partial charge in [-0.1, -0.05) is 140 Å². The predicted molar refractivity (Wildman–Crippen MR) is 200 cm³/mol. The molecule has 8 aromatic carbocycles. The average Bonchev–Trinajstić information content (AvgIpc) is 3.47. The van der Waals surface area contributed by atoms with E-state index in [1.165, 1.54) is 83.0 Å². The van der Waals surface area contributed by atoms with E-state index in [0.717, 1.165) is 0 Å². The molecule has 0 radical (unpaired) electrons. The molecule has 1 aliphatic rings. The van der Waals surface area contributed by atoms with Crippen molar-refractivity contribution in [3.8, 4) is 33.4 Å². The minimum atomic E-state index is 0.166. The Bertz CT molecular complexity index is 2280. The molecule has 0 saturated carbocycles. The lowest BCUT2D eigenvalue weighted by Gasteiger charge is -2.21. The van der Waals surface area contributed by atoms with E-state index >= 15 is 0 Å². The molecule has 0 heterocycles. The van der Waals surface area contributed by atoms with Crippen molar-refractivity contribution < 1.29 is 0 Å². The fourth-order valence-electron chi connectivity index (χ4n) is 7.59. The van der Waals surface area contributed by atoms with Gasteiger partial charge in [0.05, 0.1) is 0 Å². The molecule has 0 atom stereocenters. The Labute approximate surface area is 276 Å². The summed E-state index contributed by atoms with van der Waals surface area (Å²) in [4.78, 5) is 2.24. The second kappa shape index (κ2) is 11.2. The minimum Gasteiger partial charge on any atom is -0.345 e. The van der Waals surface area contributed by atoms with Crippen LogP contribution in [0.2, 0.25) is 0 Å². The van der Waals surface area contributed by atoms with Gasteiger partial charge in [-0.15, -0.1) is 0 Å². The van der Waals surface area contributed by atoms with Crippen LogP contribution in [0.1, 0.15) is 22.6 Å². The topological polar surface area (TPSA) is 3.24 Å². The molecule has 0 saturated heterocycles. The summed E-state index contributed by atoms with van der Waals surface area (Å²) in [6, 6.07) is 64.6. The van der Waals surface area contributed by atoms with Crippen molar-refractivity contribution in [3.05, 3.63) is 193 Å². The molecule has 47 heavy (non-hydrogen) atoms. The molecule has 0 aromatic heterocycles. The normalized spacial score (nSPS) is 12.3. The number of anilines is 2. The van der Waals surface area contributed by atoms with Crippen LogP contribution in [0.5, 0.6) is 0 Å². The van der Waals surface area contributed by atoms with Gasteiger partial charge in [0.15, 0.2) is 0 Å². The molecule has 0 aliphatic heterocycles. The van der Waals surface area contributed by atoms with Gasteiger partial charge < -0.3 is 4.90 Å². The molecule has 1 heteroatoms. The number of fused-ring (bicyclic) bond motifs is 5. The lowest BCUT2D eigenvalue weighted by atomic mass is 9.88. The molecule has 0 spiro atoms. The number of rotatable bonds is 5. The van der Waals surface area contributed by atoms with Crippen molar-refractivity contribution in [1.82, 2.24) is 0 Å². The number of para-hydroxylation sites is 1. The first-order valence-electron chi connectivity index (χ1n) is 16.4. The maximum absolute atomic E-state index is 2.43. The Kier molecular flexibility index (Phi) is 6.50. The molecule has 1 aliphatic carbocycles. The van der Waals surface area contributed by atoms with Crippen LogP contribution in [0.25, 0.3) is 54.9 Å². The van der Waals surface area contributed by atoms with Crippen molar-refractivity contribution in [2.45, 2.75) is 5.92 Å². The summed E-state index contributed by atoms with van der Waals surface area (Å²) in [5.74, 6) is 0.166. The van der Waals surface area contributed by atoms with E-state index in [4.69, 9.17) is 0 Å². The summed E-state index contributed by atoms with van der Waals surface area (Å²) >= 11 is 0. The van der Waals surface area contributed by atoms with E-state index in [0.29, 0.717) is 0 Å². The zero-order valence-corrected chi connectivity index (χ0v) is 26.3. The first-order chi connectivity index (χ1) is 23.2. The molecule has 222 valence electrons. The lowest BCUT2D eigenvalue weighted by Crippen LogP contribution is -2.09. The summed E-state index contributed by atoms with van der Waals surface area (Å²) in [7, 11) is 2.13. The van der Waals surface area contributed by atoms with E-state index in [-0.39, 0.29) is 5.92 Å². The van der Waals surface area contributed by atoms with Gasteiger partial charge in [0, 0.05) is 24.3 Å². The van der Waals surface area contributed by atoms with Gasteiger partial charge in [0.1, 0.15) is 0 Å².